The Morgan fingerprint density at radius 3 is 1.75 bits per heavy atom. The number of hydrogen-bond acceptors (Lipinski definition) is 8. The SMILES string of the molecule is COC1(OC2[C@@H](O)[C@H](O)C(O)[C@H](O)[C@H]2O)CCOCC1. The summed E-state index contributed by atoms with van der Waals surface area (Å²) in [7, 11) is 1.44. The maximum absolute atomic E-state index is 9.94. The summed E-state index contributed by atoms with van der Waals surface area (Å²) in [4.78, 5) is 0. The van der Waals surface area contributed by atoms with Gasteiger partial charge in [-0.25, -0.2) is 0 Å². The van der Waals surface area contributed by atoms with E-state index in [4.69, 9.17) is 14.2 Å². The first-order valence-electron chi connectivity index (χ1n) is 6.63. The summed E-state index contributed by atoms with van der Waals surface area (Å²) in [5, 5.41) is 48.7. The van der Waals surface area contributed by atoms with Crippen LogP contribution in [0.5, 0.6) is 0 Å². The summed E-state index contributed by atoms with van der Waals surface area (Å²) in [6.07, 6.45) is -8.37. The van der Waals surface area contributed by atoms with Crippen molar-refractivity contribution < 1.29 is 39.7 Å². The van der Waals surface area contributed by atoms with Gasteiger partial charge in [0.1, 0.15) is 36.6 Å². The van der Waals surface area contributed by atoms with Crippen molar-refractivity contribution in [2.75, 3.05) is 20.3 Å². The highest BCUT2D eigenvalue weighted by Gasteiger charge is 2.52. The average molecular weight is 294 g/mol. The molecular weight excluding hydrogens is 272 g/mol. The second-order valence-electron chi connectivity index (χ2n) is 5.26. The minimum Gasteiger partial charge on any atom is -0.387 e. The monoisotopic (exact) mass is 294 g/mol. The average Bonchev–Trinajstić information content (AvgIpc) is 2.48. The highest BCUT2D eigenvalue weighted by molar-refractivity contribution is 5.00. The molecule has 1 saturated heterocycles. The molecule has 8 nitrogen and oxygen atoms in total. The van der Waals surface area contributed by atoms with Crippen LogP contribution in [0.2, 0.25) is 0 Å². The second-order valence-corrected chi connectivity index (χ2v) is 5.26. The Morgan fingerprint density at radius 1 is 0.850 bits per heavy atom. The summed E-state index contributed by atoms with van der Waals surface area (Å²) >= 11 is 0. The first-order chi connectivity index (χ1) is 9.42. The molecule has 0 radical (unpaired) electrons. The van der Waals surface area contributed by atoms with E-state index in [1.54, 1.807) is 0 Å². The molecule has 0 aromatic heterocycles. The summed E-state index contributed by atoms with van der Waals surface area (Å²) in [6, 6.07) is 0. The second kappa shape index (κ2) is 6.20. The molecule has 1 saturated carbocycles. The van der Waals surface area contributed by atoms with E-state index >= 15 is 0 Å². The highest BCUT2D eigenvalue weighted by Crippen LogP contribution is 2.32. The van der Waals surface area contributed by atoms with Gasteiger partial charge in [-0.3, -0.25) is 0 Å². The van der Waals surface area contributed by atoms with E-state index < -0.39 is 42.4 Å². The van der Waals surface area contributed by atoms with Gasteiger partial charge in [0.05, 0.1) is 13.2 Å². The smallest absolute Gasteiger partial charge is 0.172 e. The van der Waals surface area contributed by atoms with Crippen LogP contribution in [0.1, 0.15) is 12.8 Å². The largest absolute Gasteiger partial charge is 0.387 e. The molecule has 2 aliphatic rings. The molecule has 20 heavy (non-hydrogen) atoms. The molecule has 0 spiro atoms. The number of methoxy groups -OCH3 is 1. The zero-order chi connectivity index (χ0) is 14.9. The van der Waals surface area contributed by atoms with Crippen molar-refractivity contribution in [3.63, 3.8) is 0 Å². The number of aliphatic hydroxyl groups excluding tert-OH is 5. The topological polar surface area (TPSA) is 129 Å². The van der Waals surface area contributed by atoms with Crippen LogP contribution < -0.4 is 0 Å². The van der Waals surface area contributed by atoms with Crippen molar-refractivity contribution in [2.45, 2.75) is 55.3 Å². The van der Waals surface area contributed by atoms with Crippen molar-refractivity contribution in [1.82, 2.24) is 0 Å². The summed E-state index contributed by atoms with van der Waals surface area (Å²) < 4.78 is 16.2. The van der Waals surface area contributed by atoms with Gasteiger partial charge in [-0.05, 0) is 0 Å². The van der Waals surface area contributed by atoms with Crippen LogP contribution in [0.3, 0.4) is 0 Å². The van der Waals surface area contributed by atoms with Crippen molar-refractivity contribution in [2.24, 2.45) is 0 Å². The van der Waals surface area contributed by atoms with Crippen LogP contribution in [0.25, 0.3) is 0 Å². The Morgan fingerprint density at radius 2 is 1.30 bits per heavy atom. The quantitative estimate of drug-likeness (QED) is 0.357. The standard InChI is InChI=1S/C12H22O8/c1-18-12(2-4-19-5-3-12)20-11-9(16)7(14)6(13)8(15)10(11)17/h6-11,13-17H,2-5H2,1H3/t6?,7-,8+,9+,10-,11?. The predicted molar refractivity (Wildman–Crippen MR) is 64.7 cm³/mol. The van der Waals surface area contributed by atoms with Crippen LogP contribution >= 0.6 is 0 Å². The zero-order valence-corrected chi connectivity index (χ0v) is 11.3. The van der Waals surface area contributed by atoms with Crippen LogP contribution in [0.15, 0.2) is 0 Å². The molecule has 0 aromatic carbocycles. The summed E-state index contributed by atoms with van der Waals surface area (Å²) in [5.74, 6) is -1.05. The molecule has 1 aliphatic carbocycles. The van der Waals surface area contributed by atoms with Crippen LogP contribution in [0.4, 0.5) is 0 Å². The van der Waals surface area contributed by atoms with Gasteiger partial charge in [-0.1, -0.05) is 0 Å². The molecule has 2 fully saturated rings. The third-order valence-corrected chi connectivity index (χ3v) is 4.05. The Hall–Kier alpha value is -0.320. The van der Waals surface area contributed by atoms with E-state index in [1.807, 2.05) is 0 Å². The van der Waals surface area contributed by atoms with Gasteiger partial charge in [-0.15, -0.1) is 0 Å². The van der Waals surface area contributed by atoms with Gasteiger partial charge in [0.25, 0.3) is 0 Å². The number of rotatable bonds is 3. The first-order valence-corrected chi connectivity index (χ1v) is 6.63. The van der Waals surface area contributed by atoms with E-state index in [9.17, 15) is 25.5 Å². The lowest BCUT2D eigenvalue weighted by Gasteiger charge is -2.46. The minimum atomic E-state index is -1.63. The fourth-order valence-electron chi connectivity index (χ4n) is 2.64. The van der Waals surface area contributed by atoms with E-state index in [0.717, 1.165) is 0 Å². The highest BCUT2D eigenvalue weighted by atomic mass is 16.7. The maximum atomic E-state index is 9.94. The number of hydrogen-bond donors (Lipinski definition) is 5. The number of aliphatic hydroxyl groups is 5. The molecular formula is C12H22O8. The maximum Gasteiger partial charge on any atom is 0.172 e. The molecule has 118 valence electrons. The van der Waals surface area contributed by atoms with Crippen LogP contribution in [-0.4, -0.2) is 88.3 Å². The third kappa shape index (κ3) is 2.83. The Kier molecular flexibility index (Phi) is 4.98. The van der Waals surface area contributed by atoms with E-state index in [1.165, 1.54) is 7.11 Å². The Labute approximate surface area is 116 Å². The van der Waals surface area contributed by atoms with Crippen LogP contribution in [0, 0.1) is 0 Å². The van der Waals surface area contributed by atoms with Crippen molar-refractivity contribution >= 4 is 0 Å². The van der Waals surface area contributed by atoms with Crippen molar-refractivity contribution in [3.8, 4) is 0 Å². The lowest BCUT2D eigenvalue weighted by molar-refractivity contribution is -0.327. The Balaban J connectivity index is 2.13. The molecule has 2 rings (SSSR count). The molecule has 8 heteroatoms. The third-order valence-electron chi connectivity index (χ3n) is 4.05. The molecule has 0 aromatic rings. The van der Waals surface area contributed by atoms with E-state index in [2.05, 4.69) is 0 Å². The van der Waals surface area contributed by atoms with Gasteiger partial charge in [0.15, 0.2) is 5.79 Å². The van der Waals surface area contributed by atoms with Crippen LogP contribution in [-0.2, 0) is 14.2 Å². The van der Waals surface area contributed by atoms with Gasteiger partial charge in [-0.2, -0.15) is 0 Å². The zero-order valence-electron chi connectivity index (χ0n) is 11.3. The fourth-order valence-corrected chi connectivity index (χ4v) is 2.64. The van der Waals surface area contributed by atoms with Gasteiger partial charge < -0.3 is 39.7 Å². The van der Waals surface area contributed by atoms with Gasteiger partial charge in [0, 0.05) is 20.0 Å². The van der Waals surface area contributed by atoms with E-state index in [-0.39, 0.29) is 0 Å². The predicted octanol–water partition coefficient (Wildman–Crippen LogP) is -2.66. The van der Waals surface area contributed by atoms with Gasteiger partial charge >= 0.3 is 0 Å². The summed E-state index contributed by atoms with van der Waals surface area (Å²) in [5.41, 5.74) is 0. The molecule has 1 heterocycles. The summed E-state index contributed by atoms with van der Waals surface area (Å²) in [6.45, 7) is 0.807. The molecule has 5 N–H and O–H groups in total. The fraction of sp³-hybridized carbons (Fsp3) is 1.00. The molecule has 1 aliphatic heterocycles. The molecule has 0 amide bonds. The lowest BCUT2D eigenvalue weighted by Crippen LogP contribution is -2.66. The normalized spacial score (nSPS) is 45.3. The molecule has 0 bridgehead atoms. The minimum absolute atomic E-state index is 0.397. The van der Waals surface area contributed by atoms with Crippen molar-refractivity contribution in [1.29, 1.82) is 0 Å². The Bertz CT molecular complexity index is 303. The molecule has 2 unspecified atom stereocenters. The first kappa shape index (κ1) is 16.1. The lowest BCUT2D eigenvalue weighted by atomic mass is 9.84. The van der Waals surface area contributed by atoms with Crippen molar-refractivity contribution in [3.05, 3.63) is 0 Å². The van der Waals surface area contributed by atoms with Gasteiger partial charge in [0.2, 0.25) is 0 Å². The van der Waals surface area contributed by atoms with E-state index in [0.29, 0.717) is 26.1 Å². The number of ether oxygens (including phenoxy) is 3. The molecule has 6 atom stereocenters.